The fourth-order valence-corrected chi connectivity index (χ4v) is 2.33. The minimum absolute atomic E-state index is 0.130. The van der Waals surface area contributed by atoms with Gasteiger partial charge < -0.3 is 10.4 Å². The van der Waals surface area contributed by atoms with E-state index in [-0.39, 0.29) is 12.5 Å². The van der Waals surface area contributed by atoms with Crippen LogP contribution in [0.5, 0.6) is 0 Å². The normalized spacial score (nSPS) is 12.2. The Morgan fingerprint density at radius 1 is 1.24 bits per heavy atom. The van der Waals surface area contributed by atoms with Crippen molar-refractivity contribution in [1.29, 1.82) is 0 Å². The molecule has 116 valence electrons. The van der Waals surface area contributed by atoms with E-state index in [0.717, 1.165) is 23.2 Å². The fourth-order valence-electron chi connectivity index (χ4n) is 2.33. The maximum Gasteiger partial charge on any atom is 0.317 e. The third kappa shape index (κ3) is 5.55. The lowest BCUT2D eigenvalue weighted by Crippen LogP contribution is -2.44. The molecule has 1 unspecified atom stereocenters. The standard InChI is InChI=1S/C16H24N2O3/c1-5-6-18(10-15(19)20)13(4)16(21)17-14-8-11(2)7-12(3)9-14/h7-9,13H,5-6,10H2,1-4H3,(H,17,21)(H,19,20). The summed E-state index contributed by atoms with van der Waals surface area (Å²) in [5.74, 6) is -1.11. The minimum atomic E-state index is -0.922. The summed E-state index contributed by atoms with van der Waals surface area (Å²) in [6.07, 6.45) is 0.800. The van der Waals surface area contributed by atoms with Crippen LogP contribution in [0.1, 0.15) is 31.4 Å². The van der Waals surface area contributed by atoms with E-state index in [1.807, 2.05) is 39.0 Å². The first-order valence-corrected chi connectivity index (χ1v) is 7.18. The molecule has 1 aromatic rings. The van der Waals surface area contributed by atoms with E-state index in [4.69, 9.17) is 5.11 Å². The first-order valence-electron chi connectivity index (χ1n) is 7.18. The van der Waals surface area contributed by atoms with Gasteiger partial charge in [-0.1, -0.05) is 13.0 Å². The number of hydrogen-bond donors (Lipinski definition) is 2. The van der Waals surface area contributed by atoms with Gasteiger partial charge in [-0.15, -0.1) is 0 Å². The van der Waals surface area contributed by atoms with Crippen LogP contribution in [-0.2, 0) is 9.59 Å². The van der Waals surface area contributed by atoms with Crippen LogP contribution >= 0.6 is 0 Å². The van der Waals surface area contributed by atoms with Crippen LogP contribution in [0.4, 0.5) is 5.69 Å². The number of hydrogen-bond acceptors (Lipinski definition) is 3. The Labute approximate surface area is 126 Å². The monoisotopic (exact) mass is 292 g/mol. The third-order valence-corrected chi connectivity index (χ3v) is 3.27. The number of carboxylic acids is 1. The Morgan fingerprint density at radius 2 is 1.81 bits per heavy atom. The molecule has 0 aliphatic carbocycles. The quantitative estimate of drug-likeness (QED) is 0.810. The highest BCUT2D eigenvalue weighted by Crippen LogP contribution is 2.14. The number of benzene rings is 1. The first kappa shape index (κ1) is 17.2. The lowest BCUT2D eigenvalue weighted by atomic mass is 10.1. The van der Waals surface area contributed by atoms with E-state index < -0.39 is 12.0 Å². The summed E-state index contributed by atoms with van der Waals surface area (Å²) in [7, 11) is 0. The van der Waals surface area contributed by atoms with Crippen LogP contribution in [0.15, 0.2) is 18.2 Å². The third-order valence-electron chi connectivity index (χ3n) is 3.27. The van der Waals surface area contributed by atoms with Crippen LogP contribution in [0, 0.1) is 13.8 Å². The zero-order chi connectivity index (χ0) is 16.0. The molecule has 0 fully saturated rings. The molecule has 1 atom stereocenters. The highest BCUT2D eigenvalue weighted by atomic mass is 16.4. The van der Waals surface area contributed by atoms with Gasteiger partial charge in [-0.05, 0) is 57.0 Å². The Bertz CT molecular complexity index is 494. The van der Waals surface area contributed by atoms with Crippen LogP contribution in [0.3, 0.4) is 0 Å². The van der Waals surface area contributed by atoms with Gasteiger partial charge in [0.15, 0.2) is 0 Å². The van der Waals surface area contributed by atoms with E-state index in [1.165, 1.54) is 0 Å². The molecule has 5 nitrogen and oxygen atoms in total. The van der Waals surface area contributed by atoms with Gasteiger partial charge in [-0.2, -0.15) is 0 Å². The molecule has 5 heteroatoms. The maximum absolute atomic E-state index is 12.3. The molecule has 0 aliphatic rings. The molecule has 0 bridgehead atoms. The number of rotatable bonds is 7. The van der Waals surface area contributed by atoms with Crippen LogP contribution in [0.2, 0.25) is 0 Å². The summed E-state index contributed by atoms with van der Waals surface area (Å²) in [5, 5.41) is 11.8. The van der Waals surface area contributed by atoms with Crippen LogP contribution in [-0.4, -0.2) is 41.0 Å². The van der Waals surface area contributed by atoms with Gasteiger partial charge in [0.1, 0.15) is 0 Å². The summed E-state index contributed by atoms with van der Waals surface area (Å²) in [4.78, 5) is 24.8. The zero-order valence-electron chi connectivity index (χ0n) is 13.1. The van der Waals surface area contributed by atoms with Gasteiger partial charge in [0.05, 0.1) is 12.6 Å². The first-order chi connectivity index (χ1) is 9.83. The predicted octanol–water partition coefficient (Wildman–Crippen LogP) is 2.43. The Hall–Kier alpha value is -1.88. The lowest BCUT2D eigenvalue weighted by Gasteiger charge is -2.26. The molecule has 0 saturated heterocycles. The molecule has 0 radical (unpaired) electrons. The number of carbonyl (C=O) groups is 2. The molecule has 1 amide bonds. The summed E-state index contributed by atoms with van der Waals surface area (Å²) in [6.45, 7) is 8.09. The van der Waals surface area contributed by atoms with Crippen molar-refractivity contribution >= 4 is 17.6 Å². The van der Waals surface area contributed by atoms with Crippen LogP contribution in [0.25, 0.3) is 0 Å². The van der Waals surface area contributed by atoms with Crippen molar-refractivity contribution in [2.24, 2.45) is 0 Å². The number of amides is 1. The van der Waals surface area contributed by atoms with Gasteiger partial charge in [0, 0.05) is 5.69 Å². The van der Waals surface area contributed by atoms with Gasteiger partial charge in [-0.25, -0.2) is 0 Å². The summed E-state index contributed by atoms with van der Waals surface area (Å²) in [6, 6.07) is 5.35. The number of anilines is 1. The molecule has 1 aromatic carbocycles. The SMILES string of the molecule is CCCN(CC(=O)O)C(C)C(=O)Nc1cc(C)cc(C)c1. The highest BCUT2D eigenvalue weighted by Gasteiger charge is 2.22. The molecule has 0 aromatic heterocycles. The fraction of sp³-hybridized carbons (Fsp3) is 0.500. The average molecular weight is 292 g/mol. The van der Waals surface area contributed by atoms with Crippen molar-refractivity contribution in [3.8, 4) is 0 Å². The van der Waals surface area contributed by atoms with Gasteiger partial charge in [0.2, 0.25) is 5.91 Å². The van der Waals surface area contributed by atoms with Crippen molar-refractivity contribution < 1.29 is 14.7 Å². The van der Waals surface area contributed by atoms with E-state index >= 15 is 0 Å². The van der Waals surface area contributed by atoms with Crippen molar-refractivity contribution in [1.82, 2.24) is 4.90 Å². The molecule has 2 N–H and O–H groups in total. The molecular weight excluding hydrogens is 268 g/mol. The predicted molar refractivity (Wildman–Crippen MR) is 83.5 cm³/mol. The topological polar surface area (TPSA) is 69.6 Å². The van der Waals surface area contributed by atoms with Crippen LogP contribution < -0.4 is 5.32 Å². The second-order valence-corrected chi connectivity index (χ2v) is 5.41. The number of carboxylic acid groups (broad SMARTS) is 1. The largest absolute Gasteiger partial charge is 0.480 e. The van der Waals surface area contributed by atoms with E-state index in [9.17, 15) is 9.59 Å². The second kappa shape index (κ2) is 7.78. The second-order valence-electron chi connectivity index (χ2n) is 5.41. The number of carbonyl (C=O) groups excluding carboxylic acids is 1. The highest BCUT2D eigenvalue weighted by molar-refractivity contribution is 5.95. The molecule has 0 spiro atoms. The van der Waals surface area contributed by atoms with E-state index in [0.29, 0.717) is 6.54 Å². The van der Waals surface area contributed by atoms with Crippen molar-refractivity contribution in [2.45, 2.75) is 40.2 Å². The molecule has 21 heavy (non-hydrogen) atoms. The zero-order valence-corrected chi connectivity index (χ0v) is 13.1. The van der Waals surface area contributed by atoms with E-state index in [1.54, 1.807) is 11.8 Å². The summed E-state index contributed by atoms with van der Waals surface area (Å²) in [5.41, 5.74) is 2.90. The smallest absolute Gasteiger partial charge is 0.317 e. The lowest BCUT2D eigenvalue weighted by molar-refractivity contribution is -0.139. The van der Waals surface area contributed by atoms with Gasteiger partial charge >= 0.3 is 5.97 Å². The van der Waals surface area contributed by atoms with Crippen molar-refractivity contribution in [2.75, 3.05) is 18.4 Å². The van der Waals surface area contributed by atoms with Crippen molar-refractivity contribution in [3.63, 3.8) is 0 Å². The number of aliphatic carboxylic acids is 1. The number of nitrogens with zero attached hydrogens (tertiary/aromatic N) is 1. The molecular formula is C16H24N2O3. The molecule has 0 heterocycles. The van der Waals surface area contributed by atoms with E-state index in [2.05, 4.69) is 5.32 Å². The van der Waals surface area contributed by atoms with Crippen molar-refractivity contribution in [3.05, 3.63) is 29.3 Å². The minimum Gasteiger partial charge on any atom is -0.480 e. The summed E-state index contributed by atoms with van der Waals surface area (Å²) >= 11 is 0. The Morgan fingerprint density at radius 3 is 2.29 bits per heavy atom. The number of aryl methyl sites for hydroxylation is 2. The summed E-state index contributed by atoms with van der Waals surface area (Å²) < 4.78 is 0. The Kier molecular flexibility index (Phi) is 6.37. The molecule has 0 saturated carbocycles. The van der Waals surface area contributed by atoms with Gasteiger partial charge in [0.25, 0.3) is 0 Å². The molecule has 1 rings (SSSR count). The van der Waals surface area contributed by atoms with Gasteiger partial charge in [-0.3, -0.25) is 14.5 Å². The average Bonchev–Trinajstić information content (AvgIpc) is 2.35. The number of nitrogens with one attached hydrogen (secondary N) is 1. The molecule has 0 aliphatic heterocycles. The maximum atomic E-state index is 12.3. The Balaban J connectivity index is 2.77.